The van der Waals surface area contributed by atoms with Crippen LogP contribution >= 0.6 is 11.8 Å². The number of rotatable bonds is 4. The normalized spacial score (nSPS) is 25.9. The lowest BCUT2D eigenvalue weighted by molar-refractivity contribution is 0.300. The van der Waals surface area contributed by atoms with Crippen molar-refractivity contribution in [3.63, 3.8) is 0 Å². The van der Waals surface area contributed by atoms with Gasteiger partial charge in [0.2, 0.25) is 0 Å². The number of thioether (sulfide) groups is 1. The zero-order chi connectivity index (χ0) is 16.6. The van der Waals surface area contributed by atoms with Gasteiger partial charge in [0.25, 0.3) is 0 Å². The molecule has 1 heteroatoms. The molecule has 0 aromatic rings. The van der Waals surface area contributed by atoms with Crippen LogP contribution < -0.4 is 0 Å². The Morgan fingerprint density at radius 2 is 1.82 bits per heavy atom. The molecule has 0 bridgehead atoms. The van der Waals surface area contributed by atoms with Gasteiger partial charge in [-0.1, -0.05) is 77.5 Å². The lowest BCUT2D eigenvalue weighted by Crippen LogP contribution is -2.48. The zero-order valence-electron chi connectivity index (χ0n) is 15.4. The molecule has 0 spiro atoms. The molecule has 0 heterocycles. The summed E-state index contributed by atoms with van der Waals surface area (Å²) in [7, 11) is 0. The largest absolute Gasteiger partial charge is 0.150 e. The molecule has 0 fully saturated rings. The van der Waals surface area contributed by atoms with Gasteiger partial charge in [0.15, 0.2) is 0 Å². The number of hydrogen-bond acceptors (Lipinski definition) is 1. The van der Waals surface area contributed by atoms with Crippen LogP contribution in [-0.2, 0) is 0 Å². The second-order valence-electron chi connectivity index (χ2n) is 8.14. The van der Waals surface area contributed by atoms with Crippen molar-refractivity contribution in [2.24, 2.45) is 10.8 Å². The van der Waals surface area contributed by atoms with E-state index in [1.54, 1.807) is 5.57 Å². The summed E-state index contributed by atoms with van der Waals surface area (Å²) in [5, 5.41) is 0. The first-order valence-corrected chi connectivity index (χ1v) is 9.54. The van der Waals surface area contributed by atoms with Crippen molar-refractivity contribution in [3.05, 3.63) is 47.1 Å². The second-order valence-corrected chi connectivity index (χ2v) is 9.71. The van der Waals surface area contributed by atoms with Gasteiger partial charge in [0.1, 0.15) is 0 Å². The van der Waals surface area contributed by atoms with Gasteiger partial charge in [-0.05, 0) is 42.1 Å². The molecule has 0 aliphatic heterocycles. The van der Waals surface area contributed by atoms with Crippen LogP contribution in [-0.4, -0.2) is 10.5 Å². The highest BCUT2D eigenvalue weighted by molar-refractivity contribution is 8.00. The smallest absolute Gasteiger partial charge is 0.0501 e. The van der Waals surface area contributed by atoms with Crippen LogP contribution in [0.3, 0.4) is 0 Å². The van der Waals surface area contributed by atoms with E-state index in [1.165, 1.54) is 11.1 Å². The lowest BCUT2D eigenvalue weighted by atomic mass is 9.61. The van der Waals surface area contributed by atoms with E-state index in [0.717, 1.165) is 18.6 Å². The zero-order valence-corrected chi connectivity index (χ0v) is 16.2. The summed E-state index contributed by atoms with van der Waals surface area (Å²) in [6, 6.07) is 0. The molecule has 0 radical (unpaired) electrons. The van der Waals surface area contributed by atoms with Crippen molar-refractivity contribution < 1.29 is 0 Å². The minimum absolute atomic E-state index is 0.136. The third-order valence-electron chi connectivity index (χ3n) is 5.22. The quantitative estimate of drug-likeness (QED) is 0.555. The molecule has 2 aliphatic carbocycles. The molecule has 0 aromatic carbocycles. The van der Waals surface area contributed by atoms with E-state index in [4.69, 9.17) is 0 Å². The minimum atomic E-state index is 0.136. The number of hydrogen-bond donors (Lipinski definition) is 0. The molecule has 0 nitrogen and oxygen atoms in total. The maximum atomic E-state index is 2.47. The first-order valence-electron chi connectivity index (χ1n) is 8.55. The highest BCUT2D eigenvalue weighted by Crippen LogP contribution is 2.59. The second kappa shape index (κ2) is 6.07. The third-order valence-corrected chi connectivity index (χ3v) is 6.90. The fourth-order valence-electron chi connectivity index (χ4n) is 3.95. The summed E-state index contributed by atoms with van der Waals surface area (Å²) >= 11 is 2.14. The van der Waals surface area contributed by atoms with E-state index >= 15 is 0 Å². The number of allylic oxidation sites excluding steroid dienone is 7. The third kappa shape index (κ3) is 2.89. The molecule has 0 saturated heterocycles. The first-order chi connectivity index (χ1) is 10.1. The van der Waals surface area contributed by atoms with Crippen molar-refractivity contribution in [1.29, 1.82) is 0 Å². The van der Waals surface area contributed by atoms with Gasteiger partial charge in [-0.25, -0.2) is 0 Å². The first kappa shape index (κ1) is 17.7. The molecule has 2 aliphatic rings. The fourth-order valence-corrected chi connectivity index (χ4v) is 5.64. The Bertz CT molecular complexity index is 549. The van der Waals surface area contributed by atoms with Crippen molar-refractivity contribution in [3.8, 4) is 0 Å². The van der Waals surface area contributed by atoms with Crippen molar-refractivity contribution in [2.45, 2.75) is 66.1 Å². The highest BCUT2D eigenvalue weighted by atomic mass is 32.2. The summed E-state index contributed by atoms with van der Waals surface area (Å²) in [5.74, 6) is 1.15. The van der Waals surface area contributed by atoms with Crippen LogP contribution in [0.25, 0.3) is 0 Å². The van der Waals surface area contributed by atoms with Crippen LogP contribution in [0.15, 0.2) is 47.1 Å². The van der Waals surface area contributed by atoms with Gasteiger partial charge in [0.05, 0.1) is 4.75 Å². The molecule has 2 rings (SSSR count). The van der Waals surface area contributed by atoms with Gasteiger partial charge >= 0.3 is 0 Å². The maximum absolute atomic E-state index is 2.47. The van der Waals surface area contributed by atoms with Gasteiger partial charge in [-0.2, -0.15) is 0 Å². The summed E-state index contributed by atoms with van der Waals surface area (Å²) in [5.41, 5.74) is 4.87. The Balaban J connectivity index is 2.61. The van der Waals surface area contributed by atoms with Crippen LogP contribution in [0.4, 0.5) is 0 Å². The van der Waals surface area contributed by atoms with E-state index in [9.17, 15) is 0 Å². The predicted octanol–water partition coefficient (Wildman–Crippen LogP) is 6.71. The molecular weight excluding hydrogens is 284 g/mol. The molecule has 22 heavy (non-hydrogen) atoms. The molecule has 0 amide bonds. The van der Waals surface area contributed by atoms with E-state index in [-0.39, 0.29) is 15.6 Å². The Morgan fingerprint density at radius 1 is 1.14 bits per heavy atom. The maximum Gasteiger partial charge on any atom is 0.0501 e. The Labute approximate surface area is 141 Å². The minimum Gasteiger partial charge on any atom is -0.150 e. The molecule has 1 unspecified atom stereocenters. The van der Waals surface area contributed by atoms with Crippen LogP contribution in [0.1, 0.15) is 61.3 Å². The standard InChI is InChI=1S/C21H32S/c1-8-22-21(20(6,7)17-11-9-10-12-17)14-13-16(2)15-18(21)19(3,4)5/h9,11-13,15H,8,10,14H2,1-7H3. The SMILES string of the molecule is CCSC1(C(C)(C)C2=CCC=C2)CC=C(C)C=C1C(C)(C)C. The monoisotopic (exact) mass is 316 g/mol. The average molecular weight is 317 g/mol. The molecule has 1 atom stereocenters. The van der Waals surface area contributed by atoms with Crippen molar-refractivity contribution in [1.82, 2.24) is 0 Å². The Hall–Kier alpha value is -0.690. The Morgan fingerprint density at radius 3 is 2.32 bits per heavy atom. The molecule has 0 saturated carbocycles. The molecular formula is C21H32S. The lowest BCUT2D eigenvalue weighted by Gasteiger charge is -2.53. The van der Waals surface area contributed by atoms with Gasteiger partial charge in [0, 0.05) is 5.41 Å². The summed E-state index contributed by atoms with van der Waals surface area (Å²) in [6.45, 7) is 16.6. The fraction of sp³-hybridized carbons (Fsp3) is 0.619. The van der Waals surface area contributed by atoms with Crippen LogP contribution in [0.2, 0.25) is 0 Å². The molecule has 0 N–H and O–H groups in total. The van der Waals surface area contributed by atoms with Crippen LogP contribution in [0, 0.1) is 10.8 Å². The van der Waals surface area contributed by atoms with E-state index in [0.29, 0.717) is 0 Å². The van der Waals surface area contributed by atoms with Gasteiger partial charge in [-0.3, -0.25) is 0 Å². The van der Waals surface area contributed by atoms with E-state index in [2.05, 4.69) is 90.6 Å². The average Bonchev–Trinajstić information content (AvgIpc) is 2.94. The van der Waals surface area contributed by atoms with E-state index < -0.39 is 0 Å². The summed E-state index contributed by atoms with van der Waals surface area (Å²) < 4.78 is 0.153. The van der Waals surface area contributed by atoms with Gasteiger partial charge in [-0.15, -0.1) is 11.8 Å². The summed E-state index contributed by atoms with van der Waals surface area (Å²) in [6.07, 6.45) is 14.2. The highest BCUT2D eigenvalue weighted by Gasteiger charge is 2.52. The molecule has 122 valence electrons. The van der Waals surface area contributed by atoms with Gasteiger partial charge < -0.3 is 0 Å². The van der Waals surface area contributed by atoms with Crippen molar-refractivity contribution >= 4 is 11.8 Å². The Kier molecular flexibility index (Phi) is 4.88. The van der Waals surface area contributed by atoms with Crippen LogP contribution in [0.5, 0.6) is 0 Å². The topological polar surface area (TPSA) is 0 Å². The van der Waals surface area contributed by atoms with Crippen molar-refractivity contribution in [2.75, 3.05) is 5.75 Å². The summed E-state index contributed by atoms with van der Waals surface area (Å²) in [4.78, 5) is 0. The van der Waals surface area contributed by atoms with E-state index in [1.807, 2.05) is 0 Å². The molecule has 0 aromatic heterocycles. The predicted molar refractivity (Wildman–Crippen MR) is 102 cm³/mol.